The Bertz CT molecular complexity index is 438. The van der Waals surface area contributed by atoms with Gasteiger partial charge in [-0.15, -0.1) is 0 Å². The summed E-state index contributed by atoms with van der Waals surface area (Å²) >= 11 is 3.32. The lowest BCUT2D eigenvalue weighted by Crippen LogP contribution is -2.48. The van der Waals surface area contributed by atoms with Gasteiger partial charge in [0, 0.05) is 4.47 Å². The number of carboxylic acid groups (broad SMARTS) is 1. The molecule has 0 saturated heterocycles. The SMILES string of the molecule is O=C(O)c1ccc(Br)cc1NC1(CO)CCC1. The fraction of sp³-hybridized carbons (Fsp3) is 0.417. The third-order valence-corrected chi connectivity index (χ3v) is 3.72. The summed E-state index contributed by atoms with van der Waals surface area (Å²) in [5.41, 5.74) is 0.443. The van der Waals surface area contributed by atoms with Gasteiger partial charge in [0.05, 0.1) is 23.4 Å². The summed E-state index contributed by atoms with van der Waals surface area (Å²) in [7, 11) is 0. The first-order valence-electron chi connectivity index (χ1n) is 5.48. The summed E-state index contributed by atoms with van der Waals surface area (Å²) in [4.78, 5) is 11.1. The number of carboxylic acids is 1. The first-order chi connectivity index (χ1) is 8.06. The molecule has 5 heteroatoms. The number of benzene rings is 1. The van der Waals surface area contributed by atoms with E-state index >= 15 is 0 Å². The molecule has 0 bridgehead atoms. The molecule has 1 aliphatic carbocycles. The highest BCUT2D eigenvalue weighted by atomic mass is 79.9. The van der Waals surface area contributed by atoms with Crippen molar-refractivity contribution in [3.05, 3.63) is 28.2 Å². The second-order valence-corrected chi connectivity index (χ2v) is 5.33. The van der Waals surface area contributed by atoms with Crippen molar-refractivity contribution in [2.24, 2.45) is 0 Å². The molecule has 0 aliphatic heterocycles. The van der Waals surface area contributed by atoms with Gasteiger partial charge in [0.25, 0.3) is 0 Å². The van der Waals surface area contributed by atoms with Crippen LogP contribution in [0.5, 0.6) is 0 Å². The van der Waals surface area contributed by atoms with Gasteiger partial charge >= 0.3 is 5.97 Å². The van der Waals surface area contributed by atoms with Gasteiger partial charge < -0.3 is 15.5 Å². The standard InChI is InChI=1S/C12H14BrNO3/c13-8-2-3-9(11(16)17)10(6-8)14-12(7-15)4-1-5-12/h2-3,6,14-15H,1,4-5,7H2,(H,16,17). The molecule has 1 saturated carbocycles. The van der Waals surface area contributed by atoms with Crippen LogP contribution in [0.15, 0.2) is 22.7 Å². The van der Waals surface area contributed by atoms with Crippen LogP contribution in [0.25, 0.3) is 0 Å². The molecule has 0 aromatic heterocycles. The Balaban J connectivity index is 2.30. The molecule has 2 rings (SSSR count). The predicted molar refractivity (Wildman–Crippen MR) is 68.4 cm³/mol. The Labute approximate surface area is 108 Å². The minimum atomic E-state index is -0.965. The first-order valence-corrected chi connectivity index (χ1v) is 6.27. The Hall–Kier alpha value is -1.07. The second-order valence-electron chi connectivity index (χ2n) is 4.41. The summed E-state index contributed by atoms with van der Waals surface area (Å²) in [6, 6.07) is 4.98. The van der Waals surface area contributed by atoms with Crippen LogP contribution in [0.1, 0.15) is 29.6 Å². The number of rotatable bonds is 4. The Morgan fingerprint density at radius 3 is 2.65 bits per heavy atom. The lowest BCUT2D eigenvalue weighted by Gasteiger charge is -2.42. The minimum Gasteiger partial charge on any atom is -0.478 e. The van der Waals surface area contributed by atoms with Gasteiger partial charge in [0.2, 0.25) is 0 Å². The third-order valence-electron chi connectivity index (χ3n) is 3.23. The van der Waals surface area contributed by atoms with Crippen molar-refractivity contribution < 1.29 is 15.0 Å². The van der Waals surface area contributed by atoms with E-state index in [1.807, 2.05) is 0 Å². The van der Waals surface area contributed by atoms with Gasteiger partial charge in [0.1, 0.15) is 0 Å². The van der Waals surface area contributed by atoms with Crippen molar-refractivity contribution in [2.45, 2.75) is 24.8 Å². The molecule has 92 valence electrons. The van der Waals surface area contributed by atoms with Gasteiger partial charge in [-0.25, -0.2) is 4.79 Å². The van der Waals surface area contributed by atoms with Crippen molar-refractivity contribution in [1.29, 1.82) is 0 Å². The van der Waals surface area contributed by atoms with Gasteiger partial charge in [-0.05, 0) is 37.5 Å². The van der Waals surface area contributed by atoms with Crippen molar-refractivity contribution in [1.82, 2.24) is 0 Å². The zero-order valence-corrected chi connectivity index (χ0v) is 10.8. The van der Waals surface area contributed by atoms with Crippen molar-refractivity contribution >= 4 is 27.6 Å². The maximum absolute atomic E-state index is 11.1. The van der Waals surface area contributed by atoms with Crippen molar-refractivity contribution in [3.63, 3.8) is 0 Å². The molecule has 1 aromatic rings. The zero-order chi connectivity index (χ0) is 12.5. The minimum absolute atomic E-state index is 0.0264. The van der Waals surface area contributed by atoms with Crippen LogP contribution >= 0.6 is 15.9 Å². The van der Waals surface area contributed by atoms with E-state index in [1.165, 1.54) is 0 Å². The van der Waals surface area contributed by atoms with Gasteiger partial charge in [-0.3, -0.25) is 0 Å². The number of hydrogen-bond donors (Lipinski definition) is 3. The van der Waals surface area contributed by atoms with Crippen LogP contribution in [-0.2, 0) is 0 Å². The number of aromatic carboxylic acids is 1. The smallest absolute Gasteiger partial charge is 0.337 e. The summed E-state index contributed by atoms with van der Waals surface area (Å²) in [6.07, 6.45) is 2.80. The van der Waals surface area contributed by atoms with E-state index in [9.17, 15) is 9.90 Å². The Morgan fingerprint density at radius 2 is 2.18 bits per heavy atom. The number of aliphatic hydroxyl groups excluding tert-OH is 1. The molecular weight excluding hydrogens is 286 g/mol. The molecule has 3 N–H and O–H groups in total. The maximum Gasteiger partial charge on any atom is 0.337 e. The van der Waals surface area contributed by atoms with E-state index in [-0.39, 0.29) is 17.7 Å². The topological polar surface area (TPSA) is 69.6 Å². The summed E-state index contributed by atoms with van der Waals surface area (Å²) in [5, 5.41) is 21.6. The lowest BCUT2D eigenvalue weighted by molar-refractivity contribution is 0.0697. The number of carbonyl (C=O) groups is 1. The Kier molecular flexibility index (Phi) is 3.40. The van der Waals surface area contributed by atoms with Crippen molar-refractivity contribution in [3.8, 4) is 0 Å². The quantitative estimate of drug-likeness (QED) is 0.799. The Morgan fingerprint density at radius 1 is 1.47 bits per heavy atom. The molecule has 1 fully saturated rings. The average molecular weight is 300 g/mol. The van der Waals surface area contributed by atoms with E-state index in [2.05, 4.69) is 21.2 Å². The van der Waals surface area contributed by atoms with Crippen LogP contribution in [0.2, 0.25) is 0 Å². The number of hydrogen-bond acceptors (Lipinski definition) is 3. The molecule has 0 spiro atoms. The molecule has 1 aliphatic rings. The predicted octanol–water partition coefficient (Wildman–Crippen LogP) is 2.47. The average Bonchev–Trinajstić information content (AvgIpc) is 2.23. The highest BCUT2D eigenvalue weighted by Crippen LogP contribution is 2.36. The fourth-order valence-corrected chi connectivity index (χ4v) is 2.38. The summed E-state index contributed by atoms with van der Waals surface area (Å²) in [5.74, 6) is -0.965. The monoisotopic (exact) mass is 299 g/mol. The normalized spacial score (nSPS) is 17.3. The second kappa shape index (κ2) is 4.66. The molecule has 0 atom stereocenters. The van der Waals surface area contributed by atoms with E-state index in [0.717, 1.165) is 23.7 Å². The van der Waals surface area contributed by atoms with Crippen LogP contribution in [0.4, 0.5) is 5.69 Å². The summed E-state index contributed by atoms with van der Waals surface area (Å²) in [6.45, 7) is 0.0264. The molecule has 1 aromatic carbocycles. The third kappa shape index (κ3) is 2.45. The number of nitrogens with one attached hydrogen (secondary N) is 1. The highest BCUT2D eigenvalue weighted by molar-refractivity contribution is 9.10. The number of anilines is 1. The molecule has 0 unspecified atom stereocenters. The number of aliphatic hydroxyl groups is 1. The fourth-order valence-electron chi connectivity index (χ4n) is 2.02. The van der Waals surface area contributed by atoms with Crippen LogP contribution < -0.4 is 5.32 Å². The summed E-state index contributed by atoms with van der Waals surface area (Å²) < 4.78 is 0.817. The van der Waals surface area contributed by atoms with Crippen molar-refractivity contribution in [2.75, 3.05) is 11.9 Å². The van der Waals surface area contributed by atoms with Gasteiger partial charge in [-0.2, -0.15) is 0 Å². The molecule has 0 radical (unpaired) electrons. The van der Waals surface area contributed by atoms with Gasteiger partial charge in [-0.1, -0.05) is 15.9 Å². The van der Waals surface area contributed by atoms with Gasteiger partial charge in [0.15, 0.2) is 0 Å². The van der Waals surface area contributed by atoms with E-state index < -0.39 is 5.97 Å². The van der Waals surface area contributed by atoms with Crippen LogP contribution in [0, 0.1) is 0 Å². The lowest BCUT2D eigenvalue weighted by atomic mass is 9.77. The van der Waals surface area contributed by atoms with Crippen LogP contribution in [-0.4, -0.2) is 28.3 Å². The zero-order valence-electron chi connectivity index (χ0n) is 9.24. The van der Waals surface area contributed by atoms with E-state index in [1.54, 1.807) is 18.2 Å². The van der Waals surface area contributed by atoms with Crippen LogP contribution in [0.3, 0.4) is 0 Å². The van der Waals surface area contributed by atoms with E-state index in [0.29, 0.717) is 5.69 Å². The molecular formula is C12H14BrNO3. The molecule has 0 amide bonds. The highest BCUT2D eigenvalue weighted by Gasteiger charge is 2.36. The molecule has 0 heterocycles. The van der Waals surface area contributed by atoms with E-state index in [4.69, 9.17) is 5.11 Å². The molecule has 17 heavy (non-hydrogen) atoms. The largest absolute Gasteiger partial charge is 0.478 e. The first kappa shape index (κ1) is 12.4. The maximum atomic E-state index is 11.1. The number of halogens is 1. The molecule has 4 nitrogen and oxygen atoms in total.